The minimum atomic E-state index is -0.0149. The first-order valence-corrected chi connectivity index (χ1v) is 20.3. The number of rotatable bonds is 3. The molecule has 0 saturated carbocycles. The van der Waals surface area contributed by atoms with Crippen molar-refractivity contribution in [1.82, 2.24) is 4.57 Å². The zero-order valence-corrected chi connectivity index (χ0v) is 33.5. The zero-order valence-electron chi connectivity index (χ0n) is 33.5. The van der Waals surface area contributed by atoms with Gasteiger partial charge >= 0.3 is 0 Å². The fourth-order valence-electron chi connectivity index (χ4n) is 9.49. The Kier molecular flexibility index (Phi) is 6.63. The number of para-hydroxylation sites is 2. The fraction of sp³-hybridized carbons (Fsp3) is 0.154. The third-order valence-electron chi connectivity index (χ3n) is 12.5. The molecule has 0 fully saturated rings. The summed E-state index contributed by atoms with van der Waals surface area (Å²) >= 11 is 0. The van der Waals surface area contributed by atoms with E-state index < -0.39 is 0 Å². The zero-order chi connectivity index (χ0) is 39.2. The molecule has 0 amide bonds. The molecule has 12 rings (SSSR count). The maximum absolute atomic E-state index is 6.90. The lowest BCUT2D eigenvalue weighted by Gasteiger charge is -2.22. The third-order valence-corrected chi connectivity index (χ3v) is 12.5. The molecule has 0 bridgehead atoms. The lowest BCUT2D eigenvalue weighted by Crippen LogP contribution is -2.36. The highest BCUT2D eigenvalue weighted by Crippen LogP contribution is 2.44. The highest BCUT2D eigenvalue weighted by Gasteiger charge is 2.32. The number of aromatic nitrogens is 1. The standard InChI is InChI=1S/C52H41BN2O3/c1-51(2,3)28-15-18-30(19-16-28)54-40-26-45-37(31-11-7-9-13-42(31)56-45)24-35(40)33-20-21-34-36-25-38-32-12-8-10-14-43(32)57-46(38)27-41(36)55-48(34)47(33)53-50-49(55)39-23-29(52(4,5)6)17-22-44(39)58-50/h7-27,53-54H,1-6H3. The van der Waals surface area contributed by atoms with Crippen LogP contribution in [0.2, 0.25) is 0 Å². The van der Waals surface area contributed by atoms with E-state index in [9.17, 15) is 0 Å². The molecule has 0 unspecified atom stereocenters. The SMILES string of the molecule is CC(C)(C)c1ccc(Nc2cc3oc4ccccc4c3cc2-c2ccc3c4cc5c(cc4n4c3c2Bc2oc3ccc(C(C)(C)C)cc3c2-4)oc2ccccc25)cc1. The number of benzene rings is 7. The minimum absolute atomic E-state index is 0.0149. The second kappa shape index (κ2) is 11.5. The summed E-state index contributed by atoms with van der Waals surface area (Å²) in [5.74, 6) is 0. The van der Waals surface area contributed by atoms with Gasteiger partial charge in [-0.1, -0.05) is 108 Å². The monoisotopic (exact) mass is 752 g/mol. The van der Waals surface area contributed by atoms with Gasteiger partial charge in [0.2, 0.25) is 7.28 Å². The molecule has 6 heteroatoms. The maximum Gasteiger partial charge on any atom is 0.244 e. The predicted molar refractivity (Wildman–Crippen MR) is 244 cm³/mol. The van der Waals surface area contributed by atoms with Gasteiger partial charge < -0.3 is 23.1 Å². The fourth-order valence-corrected chi connectivity index (χ4v) is 9.49. The van der Waals surface area contributed by atoms with Gasteiger partial charge in [-0.15, -0.1) is 0 Å². The van der Waals surface area contributed by atoms with Crippen molar-refractivity contribution in [2.75, 3.05) is 5.32 Å². The van der Waals surface area contributed by atoms with Crippen LogP contribution in [0.1, 0.15) is 52.7 Å². The summed E-state index contributed by atoms with van der Waals surface area (Å²) in [5, 5.41) is 11.8. The molecule has 0 atom stereocenters. The summed E-state index contributed by atoms with van der Waals surface area (Å²) in [7, 11) is 0.654. The van der Waals surface area contributed by atoms with Crippen LogP contribution in [0.4, 0.5) is 11.4 Å². The molecule has 0 saturated heterocycles. The summed E-state index contributed by atoms with van der Waals surface area (Å²) in [6, 6.07) is 45.9. The molecule has 5 nitrogen and oxygen atoms in total. The van der Waals surface area contributed by atoms with Gasteiger partial charge in [0.15, 0.2) is 0 Å². The normalized spacial score (nSPS) is 13.1. The van der Waals surface area contributed by atoms with Gasteiger partial charge in [-0.3, -0.25) is 0 Å². The largest absolute Gasteiger partial charge is 0.469 e. The van der Waals surface area contributed by atoms with Crippen LogP contribution < -0.4 is 16.4 Å². The number of nitrogens with zero attached hydrogens (tertiary/aromatic N) is 1. The summed E-state index contributed by atoms with van der Waals surface area (Å²) in [4.78, 5) is 0. The van der Waals surface area contributed by atoms with Crippen LogP contribution in [-0.4, -0.2) is 11.8 Å². The van der Waals surface area contributed by atoms with Gasteiger partial charge in [-0.05, 0) is 81.5 Å². The molecule has 0 spiro atoms. The average Bonchev–Trinajstić information content (AvgIpc) is 3.95. The number of anilines is 2. The van der Waals surface area contributed by atoms with Crippen LogP contribution in [0, 0.1) is 0 Å². The number of furan rings is 3. The minimum Gasteiger partial charge on any atom is -0.469 e. The number of hydrogen-bond acceptors (Lipinski definition) is 4. The Morgan fingerprint density at radius 2 is 1.12 bits per heavy atom. The molecule has 11 aromatic rings. The van der Waals surface area contributed by atoms with Crippen LogP contribution in [0.25, 0.3) is 93.5 Å². The quantitative estimate of drug-likeness (QED) is 0.183. The molecule has 0 aliphatic carbocycles. The Hall–Kier alpha value is -6.66. The summed E-state index contributed by atoms with van der Waals surface area (Å²) in [6.07, 6.45) is 0. The van der Waals surface area contributed by atoms with Gasteiger partial charge in [0.05, 0.1) is 22.6 Å². The molecule has 4 aromatic heterocycles. The average molecular weight is 753 g/mol. The summed E-state index contributed by atoms with van der Waals surface area (Å²) in [6.45, 7) is 13.6. The smallest absolute Gasteiger partial charge is 0.244 e. The predicted octanol–water partition coefficient (Wildman–Crippen LogP) is 13.0. The van der Waals surface area contributed by atoms with Crippen molar-refractivity contribution < 1.29 is 13.3 Å². The van der Waals surface area contributed by atoms with Crippen molar-refractivity contribution in [1.29, 1.82) is 0 Å². The van der Waals surface area contributed by atoms with Crippen molar-refractivity contribution in [3.05, 3.63) is 139 Å². The van der Waals surface area contributed by atoms with Gasteiger partial charge in [0.1, 0.15) is 27.9 Å². The van der Waals surface area contributed by atoms with Crippen LogP contribution in [0.3, 0.4) is 0 Å². The second-order valence-electron chi connectivity index (χ2n) is 18.2. The van der Waals surface area contributed by atoms with Crippen molar-refractivity contribution in [2.24, 2.45) is 0 Å². The number of fused-ring (bicyclic) bond motifs is 13. The molecule has 7 aromatic carbocycles. The lowest BCUT2D eigenvalue weighted by atomic mass is 9.62. The van der Waals surface area contributed by atoms with E-state index in [1.807, 2.05) is 12.1 Å². The first-order valence-electron chi connectivity index (χ1n) is 20.3. The van der Waals surface area contributed by atoms with Crippen LogP contribution in [0.15, 0.2) is 141 Å². The summed E-state index contributed by atoms with van der Waals surface area (Å²) < 4.78 is 22.4. The third kappa shape index (κ3) is 4.78. The van der Waals surface area contributed by atoms with E-state index >= 15 is 0 Å². The Labute approximate surface area is 336 Å². The van der Waals surface area contributed by atoms with Crippen molar-refractivity contribution in [3.63, 3.8) is 0 Å². The molecule has 1 aliphatic rings. The van der Waals surface area contributed by atoms with Crippen LogP contribution in [0.5, 0.6) is 0 Å². The Morgan fingerprint density at radius 1 is 0.483 bits per heavy atom. The summed E-state index contributed by atoms with van der Waals surface area (Å²) in [5.41, 5.74) is 17.0. The van der Waals surface area contributed by atoms with Crippen molar-refractivity contribution in [2.45, 2.75) is 52.4 Å². The van der Waals surface area contributed by atoms with Crippen molar-refractivity contribution >= 4 is 106 Å². The number of nitrogens with one attached hydrogen (secondary N) is 1. The molecule has 280 valence electrons. The van der Waals surface area contributed by atoms with E-state index in [2.05, 4.69) is 167 Å². The van der Waals surface area contributed by atoms with Crippen LogP contribution in [-0.2, 0) is 10.8 Å². The first-order chi connectivity index (χ1) is 28.0. The van der Waals surface area contributed by atoms with Gasteiger partial charge in [0, 0.05) is 66.6 Å². The Bertz CT molecular complexity index is 3530. The Morgan fingerprint density at radius 3 is 1.83 bits per heavy atom. The molecular formula is C52H41BN2O3. The molecule has 1 aliphatic heterocycles. The number of hydrogen-bond donors (Lipinski definition) is 1. The molecule has 1 N–H and O–H groups in total. The Balaban J connectivity index is 1.16. The van der Waals surface area contributed by atoms with E-state index in [0.29, 0.717) is 7.28 Å². The molecule has 0 radical (unpaired) electrons. The molecule has 58 heavy (non-hydrogen) atoms. The highest BCUT2D eigenvalue weighted by atomic mass is 16.3. The second-order valence-corrected chi connectivity index (χ2v) is 18.2. The van der Waals surface area contributed by atoms with Crippen molar-refractivity contribution in [3.8, 4) is 16.8 Å². The van der Waals surface area contributed by atoms with Gasteiger partial charge in [0.25, 0.3) is 0 Å². The van der Waals surface area contributed by atoms with Crippen LogP contribution >= 0.6 is 0 Å². The maximum atomic E-state index is 6.90. The van der Waals surface area contributed by atoms with Gasteiger partial charge in [-0.2, -0.15) is 0 Å². The topological polar surface area (TPSA) is 56.4 Å². The van der Waals surface area contributed by atoms with Gasteiger partial charge in [-0.25, -0.2) is 0 Å². The molecular weight excluding hydrogens is 711 g/mol. The molecule has 5 heterocycles. The van der Waals surface area contributed by atoms with E-state index in [0.717, 1.165) is 94.2 Å². The van der Waals surface area contributed by atoms with E-state index in [1.165, 1.54) is 32.9 Å². The van der Waals surface area contributed by atoms with E-state index in [-0.39, 0.29) is 10.8 Å². The van der Waals surface area contributed by atoms with E-state index in [4.69, 9.17) is 13.3 Å². The lowest BCUT2D eigenvalue weighted by molar-refractivity contribution is 0.590. The van der Waals surface area contributed by atoms with E-state index in [1.54, 1.807) is 0 Å². The highest BCUT2D eigenvalue weighted by molar-refractivity contribution is 6.73. The first kappa shape index (κ1) is 33.5.